The van der Waals surface area contributed by atoms with Gasteiger partial charge in [0.1, 0.15) is 18.1 Å². The number of para-hydroxylation sites is 1. The summed E-state index contributed by atoms with van der Waals surface area (Å²) in [7, 11) is -2.01. The fraction of sp³-hybridized carbons (Fsp3) is 0.333. The molecule has 24 heavy (non-hydrogen) atoms. The maximum absolute atomic E-state index is 12.3. The summed E-state index contributed by atoms with van der Waals surface area (Å²) in [5.74, 6) is 1.46. The first-order valence-corrected chi connectivity index (χ1v) is 9.17. The van der Waals surface area contributed by atoms with Gasteiger partial charge < -0.3 is 9.47 Å². The van der Waals surface area contributed by atoms with Gasteiger partial charge in [-0.15, -0.1) is 0 Å². The molecule has 130 valence electrons. The highest BCUT2D eigenvalue weighted by Gasteiger charge is 2.15. The lowest BCUT2D eigenvalue weighted by Crippen LogP contribution is -2.28. The Morgan fingerprint density at radius 1 is 1.00 bits per heavy atom. The largest absolute Gasteiger partial charge is 0.496 e. The molecule has 6 heteroatoms. The minimum Gasteiger partial charge on any atom is -0.496 e. The number of hydrogen-bond donors (Lipinski definition) is 1. The standard InChI is InChI=1S/C18H23NO4S/c1-13-6-5-7-14(2)18(13)23-11-10-19-24(20,21)16-8-9-17(22-4)15(3)12-16/h5-9,12,19H,10-11H2,1-4H3. The molecular weight excluding hydrogens is 326 g/mol. The van der Waals surface area contributed by atoms with E-state index in [0.29, 0.717) is 5.75 Å². The van der Waals surface area contributed by atoms with E-state index in [-0.39, 0.29) is 18.0 Å². The summed E-state index contributed by atoms with van der Waals surface area (Å²) in [5.41, 5.74) is 2.83. The van der Waals surface area contributed by atoms with E-state index in [1.165, 1.54) is 6.07 Å². The molecule has 0 amide bonds. The zero-order chi connectivity index (χ0) is 17.7. The van der Waals surface area contributed by atoms with E-state index < -0.39 is 10.0 Å². The molecule has 0 saturated heterocycles. The number of nitrogens with one attached hydrogen (secondary N) is 1. The van der Waals surface area contributed by atoms with E-state index in [1.807, 2.05) is 39.0 Å². The van der Waals surface area contributed by atoms with Gasteiger partial charge in [0.05, 0.1) is 12.0 Å². The first-order chi connectivity index (χ1) is 11.3. The van der Waals surface area contributed by atoms with E-state index in [2.05, 4.69) is 4.72 Å². The van der Waals surface area contributed by atoms with Crippen LogP contribution in [0, 0.1) is 20.8 Å². The summed E-state index contributed by atoms with van der Waals surface area (Å²) in [6.07, 6.45) is 0. The summed E-state index contributed by atoms with van der Waals surface area (Å²) in [5, 5.41) is 0. The third-order valence-corrected chi connectivity index (χ3v) is 5.18. The van der Waals surface area contributed by atoms with E-state index in [4.69, 9.17) is 9.47 Å². The predicted molar refractivity (Wildman–Crippen MR) is 94.3 cm³/mol. The number of methoxy groups -OCH3 is 1. The molecule has 0 fully saturated rings. The van der Waals surface area contributed by atoms with Crippen molar-refractivity contribution < 1.29 is 17.9 Å². The molecule has 2 aromatic rings. The van der Waals surface area contributed by atoms with Crippen LogP contribution in [0.4, 0.5) is 0 Å². The van der Waals surface area contributed by atoms with Gasteiger partial charge in [0.2, 0.25) is 10.0 Å². The second kappa shape index (κ2) is 7.68. The van der Waals surface area contributed by atoms with Crippen LogP contribution < -0.4 is 14.2 Å². The Morgan fingerprint density at radius 3 is 2.25 bits per heavy atom. The second-order valence-corrected chi connectivity index (χ2v) is 7.37. The second-order valence-electron chi connectivity index (χ2n) is 5.60. The zero-order valence-electron chi connectivity index (χ0n) is 14.4. The Kier molecular flexibility index (Phi) is 5.85. The van der Waals surface area contributed by atoms with Crippen LogP contribution in [0.2, 0.25) is 0 Å². The van der Waals surface area contributed by atoms with Crippen LogP contribution in [-0.2, 0) is 10.0 Å². The molecule has 0 aromatic heterocycles. The fourth-order valence-electron chi connectivity index (χ4n) is 2.46. The van der Waals surface area contributed by atoms with Gasteiger partial charge >= 0.3 is 0 Å². The molecule has 0 bridgehead atoms. The smallest absolute Gasteiger partial charge is 0.240 e. The third-order valence-electron chi connectivity index (χ3n) is 3.73. The summed E-state index contributed by atoms with van der Waals surface area (Å²) in [4.78, 5) is 0.216. The number of benzene rings is 2. The van der Waals surface area contributed by atoms with Gasteiger partial charge in [0.15, 0.2) is 0 Å². The Bertz CT molecular complexity index is 796. The molecule has 0 atom stereocenters. The molecule has 0 aliphatic rings. The highest BCUT2D eigenvalue weighted by Crippen LogP contribution is 2.22. The van der Waals surface area contributed by atoms with E-state index in [9.17, 15) is 8.42 Å². The quantitative estimate of drug-likeness (QED) is 0.781. The Balaban J connectivity index is 1.97. The van der Waals surface area contributed by atoms with Crippen LogP contribution in [0.15, 0.2) is 41.3 Å². The molecule has 0 saturated carbocycles. The molecule has 0 radical (unpaired) electrons. The highest BCUT2D eigenvalue weighted by molar-refractivity contribution is 7.89. The summed E-state index contributed by atoms with van der Waals surface area (Å²) in [6, 6.07) is 10.7. The molecule has 0 aliphatic carbocycles. The Hall–Kier alpha value is -2.05. The molecule has 5 nitrogen and oxygen atoms in total. The Labute approximate surface area is 143 Å². The first kappa shape index (κ1) is 18.3. The maximum atomic E-state index is 12.3. The molecule has 0 heterocycles. The number of aryl methyl sites for hydroxylation is 3. The van der Waals surface area contributed by atoms with Crippen LogP contribution in [0.1, 0.15) is 16.7 Å². The van der Waals surface area contributed by atoms with Crippen molar-refractivity contribution in [1.82, 2.24) is 4.72 Å². The van der Waals surface area contributed by atoms with Gasteiger partial charge in [0.25, 0.3) is 0 Å². The van der Waals surface area contributed by atoms with Gasteiger partial charge in [-0.1, -0.05) is 18.2 Å². The fourth-order valence-corrected chi connectivity index (χ4v) is 3.56. The van der Waals surface area contributed by atoms with Crippen molar-refractivity contribution in [2.24, 2.45) is 0 Å². The molecule has 0 aliphatic heterocycles. The molecule has 0 unspecified atom stereocenters. The average Bonchev–Trinajstić information content (AvgIpc) is 2.53. The monoisotopic (exact) mass is 349 g/mol. The normalized spacial score (nSPS) is 11.3. The number of ether oxygens (including phenoxy) is 2. The van der Waals surface area contributed by atoms with Crippen LogP contribution in [-0.4, -0.2) is 28.7 Å². The zero-order valence-corrected chi connectivity index (χ0v) is 15.2. The molecule has 2 aromatic carbocycles. The Morgan fingerprint density at radius 2 is 1.67 bits per heavy atom. The van der Waals surface area contributed by atoms with Crippen LogP contribution in [0.5, 0.6) is 11.5 Å². The lowest BCUT2D eigenvalue weighted by molar-refractivity contribution is 0.318. The maximum Gasteiger partial charge on any atom is 0.240 e. The van der Waals surface area contributed by atoms with E-state index in [1.54, 1.807) is 19.2 Å². The third kappa shape index (κ3) is 4.27. The van der Waals surface area contributed by atoms with Crippen LogP contribution >= 0.6 is 0 Å². The summed E-state index contributed by atoms with van der Waals surface area (Å²) < 4.78 is 38.1. The summed E-state index contributed by atoms with van der Waals surface area (Å²) in [6.45, 7) is 6.20. The van der Waals surface area contributed by atoms with Crippen molar-refractivity contribution >= 4 is 10.0 Å². The number of sulfonamides is 1. The van der Waals surface area contributed by atoms with Crippen molar-refractivity contribution in [1.29, 1.82) is 0 Å². The summed E-state index contributed by atoms with van der Waals surface area (Å²) >= 11 is 0. The van der Waals surface area contributed by atoms with Crippen LogP contribution in [0.3, 0.4) is 0 Å². The van der Waals surface area contributed by atoms with Crippen molar-refractivity contribution in [2.45, 2.75) is 25.7 Å². The lowest BCUT2D eigenvalue weighted by Gasteiger charge is -2.13. The highest BCUT2D eigenvalue weighted by atomic mass is 32.2. The minimum absolute atomic E-state index is 0.196. The van der Waals surface area contributed by atoms with Crippen molar-refractivity contribution in [3.05, 3.63) is 53.1 Å². The van der Waals surface area contributed by atoms with Gasteiger partial charge in [-0.25, -0.2) is 13.1 Å². The molecule has 0 spiro atoms. The van der Waals surface area contributed by atoms with Crippen molar-refractivity contribution in [2.75, 3.05) is 20.3 Å². The van der Waals surface area contributed by atoms with Gasteiger partial charge in [-0.3, -0.25) is 0 Å². The molecule has 1 N–H and O–H groups in total. The van der Waals surface area contributed by atoms with Gasteiger partial charge in [-0.05, 0) is 55.7 Å². The van der Waals surface area contributed by atoms with Crippen LogP contribution in [0.25, 0.3) is 0 Å². The first-order valence-electron chi connectivity index (χ1n) is 7.68. The van der Waals surface area contributed by atoms with E-state index in [0.717, 1.165) is 22.4 Å². The lowest BCUT2D eigenvalue weighted by atomic mass is 10.1. The van der Waals surface area contributed by atoms with Crippen molar-refractivity contribution in [3.63, 3.8) is 0 Å². The minimum atomic E-state index is -3.57. The predicted octanol–water partition coefficient (Wildman–Crippen LogP) is 2.98. The average molecular weight is 349 g/mol. The van der Waals surface area contributed by atoms with Gasteiger partial charge in [0, 0.05) is 6.54 Å². The van der Waals surface area contributed by atoms with E-state index >= 15 is 0 Å². The number of rotatable bonds is 7. The van der Waals surface area contributed by atoms with Crippen molar-refractivity contribution in [3.8, 4) is 11.5 Å². The number of hydrogen-bond acceptors (Lipinski definition) is 4. The molecular formula is C18H23NO4S. The topological polar surface area (TPSA) is 64.6 Å². The SMILES string of the molecule is COc1ccc(S(=O)(=O)NCCOc2c(C)cccc2C)cc1C. The molecule has 2 rings (SSSR count). The van der Waals surface area contributed by atoms with Gasteiger partial charge in [-0.2, -0.15) is 0 Å².